The zero-order chi connectivity index (χ0) is 10.8. The monoisotopic (exact) mass is 225 g/mol. The highest BCUT2D eigenvalue weighted by atomic mass is 32.1. The summed E-state index contributed by atoms with van der Waals surface area (Å²) in [4.78, 5) is 13.8. The van der Waals surface area contributed by atoms with Gasteiger partial charge >= 0.3 is 0 Å². The maximum atomic E-state index is 11.6. The molecule has 2 N–H and O–H groups in total. The lowest BCUT2D eigenvalue weighted by Crippen LogP contribution is -2.29. The van der Waals surface area contributed by atoms with Crippen molar-refractivity contribution in [2.24, 2.45) is 0 Å². The second-order valence-electron chi connectivity index (χ2n) is 3.97. The number of aliphatic hydroxyl groups excluding tert-OH is 1. The quantitative estimate of drug-likeness (QED) is 0.815. The Morgan fingerprint density at radius 1 is 1.67 bits per heavy atom. The molecule has 3 nitrogen and oxygen atoms in total. The molecule has 1 amide bonds. The number of carbonyl (C=O) groups is 1. The molecule has 0 bridgehead atoms. The molecular weight excluding hydrogens is 210 g/mol. The Morgan fingerprint density at radius 2 is 2.47 bits per heavy atom. The normalized spacial score (nSPS) is 16.1. The van der Waals surface area contributed by atoms with Gasteiger partial charge in [-0.15, -0.1) is 11.3 Å². The SMILES string of the molecule is C[C@@H](O)CNC(=O)c1cc2c(s1)CCC2. The van der Waals surface area contributed by atoms with Gasteiger partial charge < -0.3 is 10.4 Å². The highest BCUT2D eigenvalue weighted by molar-refractivity contribution is 7.14. The molecule has 1 aromatic heterocycles. The van der Waals surface area contributed by atoms with Crippen LogP contribution in [0.15, 0.2) is 6.07 Å². The minimum absolute atomic E-state index is 0.0599. The van der Waals surface area contributed by atoms with Gasteiger partial charge in [0.25, 0.3) is 5.91 Å². The number of thiophene rings is 1. The Labute approximate surface area is 93.1 Å². The molecule has 1 atom stereocenters. The van der Waals surface area contributed by atoms with Gasteiger partial charge in [-0.05, 0) is 37.8 Å². The standard InChI is InChI=1S/C11H15NO2S/c1-7(13)6-12-11(14)10-5-8-3-2-4-9(8)15-10/h5,7,13H,2-4,6H2,1H3,(H,12,14)/t7-/m1/s1. The van der Waals surface area contributed by atoms with Gasteiger partial charge in [0.1, 0.15) is 0 Å². The van der Waals surface area contributed by atoms with Crippen molar-refractivity contribution in [3.8, 4) is 0 Å². The third-order valence-electron chi connectivity index (χ3n) is 2.53. The van der Waals surface area contributed by atoms with Crippen LogP contribution in [-0.2, 0) is 12.8 Å². The summed E-state index contributed by atoms with van der Waals surface area (Å²) in [5, 5.41) is 11.8. The molecule has 0 unspecified atom stereocenters. The van der Waals surface area contributed by atoms with Crippen LogP contribution in [0.4, 0.5) is 0 Å². The molecule has 0 radical (unpaired) electrons. The molecule has 82 valence electrons. The molecule has 0 spiro atoms. The lowest BCUT2D eigenvalue weighted by atomic mass is 10.2. The fourth-order valence-electron chi connectivity index (χ4n) is 1.77. The fraction of sp³-hybridized carbons (Fsp3) is 0.545. The van der Waals surface area contributed by atoms with Gasteiger partial charge in [0.05, 0.1) is 11.0 Å². The lowest BCUT2D eigenvalue weighted by Gasteiger charge is -2.05. The molecule has 15 heavy (non-hydrogen) atoms. The summed E-state index contributed by atoms with van der Waals surface area (Å²) in [6.07, 6.45) is 2.96. The highest BCUT2D eigenvalue weighted by Crippen LogP contribution is 2.30. The van der Waals surface area contributed by atoms with E-state index in [1.807, 2.05) is 6.07 Å². The minimum atomic E-state index is -0.485. The zero-order valence-electron chi connectivity index (χ0n) is 8.75. The van der Waals surface area contributed by atoms with Crippen molar-refractivity contribution in [3.63, 3.8) is 0 Å². The second kappa shape index (κ2) is 4.33. The molecule has 0 aliphatic heterocycles. The number of amides is 1. The molecule has 0 saturated carbocycles. The number of carbonyl (C=O) groups excluding carboxylic acids is 1. The van der Waals surface area contributed by atoms with Gasteiger partial charge in [-0.2, -0.15) is 0 Å². The van der Waals surface area contributed by atoms with E-state index in [9.17, 15) is 4.79 Å². The highest BCUT2D eigenvalue weighted by Gasteiger charge is 2.18. The van der Waals surface area contributed by atoms with E-state index >= 15 is 0 Å². The van der Waals surface area contributed by atoms with Gasteiger partial charge in [0.15, 0.2) is 0 Å². The van der Waals surface area contributed by atoms with Crippen LogP contribution in [0.3, 0.4) is 0 Å². The molecule has 1 heterocycles. The number of hydrogen-bond donors (Lipinski definition) is 2. The smallest absolute Gasteiger partial charge is 0.261 e. The Morgan fingerprint density at radius 3 is 3.13 bits per heavy atom. The first-order valence-electron chi connectivity index (χ1n) is 5.24. The van der Waals surface area contributed by atoms with Crippen molar-refractivity contribution in [1.29, 1.82) is 0 Å². The van der Waals surface area contributed by atoms with Gasteiger partial charge in [-0.25, -0.2) is 0 Å². The Hall–Kier alpha value is -0.870. The van der Waals surface area contributed by atoms with Crippen molar-refractivity contribution in [1.82, 2.24) is 5.32 Å². The van der Waals surface area contributed by atoms with Crippen LogP contribution in [0, 0.1) is 0 Å². The molecule has 1 aromatic rings. The van der Waals surface area contributed by atoms with E-state index in [1.165, 1.54) is 16.9 Å². The van der Waals surface area contributed by atoms with E-state index in [1.54, 1.807) is 18.3 Å². The number of rotatable bonds is 3. The second-order valence-corrected chi connectivity index (χ2v) is 5.11. The Bertz CT molecular complexity index is 349. The Kier molecular flexibility index (Phi) is 3.07. The zero-order valence-corrected chi connectivity index (χ0v) is 9.56. The predicted molar refractivity (Wildman–Crippen MR) is 60.4 cm³/mol. The molecular formula is C11H15NO2S. The van der Waals surface area contributed by atoms with Crippen LogP contribution >= 0.6 is 11.3 Å². The average molecular weight is 225 g/mol. The number of fused-ring (bicyclic) bond motifs is 1. The largest absolute Gasteiger partial charge is 0.392 e. The van der Waals surface area contributed by atoms with E-state index in [0.29, 0.717) is 6.54 Å². The summed E-state index contributed by atoms with van der Waals surface area (Å²) in [7, 11) is 0. The van der Waals surface area contributed by atoms with Crippen LogP contribution in [-0.4, -0.2) is 23.7 Å². The summed E-state index contributed by atoms with van der Waals surface area (Å²) in [5.74, 6) is -0.0599. The van der Waals surface area contributed by atoms with Gasteiger partial charge in [-0.1, -0.05) is 0 Å². The van der Waals surface area contributed by atoms with Gasteiger partial charge in [0.2, 0.25) is 0 Å². The van der Waals surface area contributed by atoms with Crippen LogP contribution in [0.25, 0.3) is 0 Å². The summed E-state index contributed by atoms with van der Waals surface area (Å²) in [6.45, 7) is 1.98. The van der Waals surface area contributed by atoms with Crippen LogP contribution < -0.4 is 5.32 Å². The average Bonchev–Trinajstić information content (AvgIpc) is 2.72. The first-order chi connectivity index (χ1) is 7.16. The van der Waals surface area contributed by atoms with E-state index in [4.69, 9.17) is 5.11 Å². The van der Waals surface area contributed by atoms with Crippen molar-refractivity contribution in [2.75, 3.05) is 6.54 Å². The molecule has 0 saturated heterocycles. The molecule has 0 fully saturated rings. The van der Waals surface area contributed by atoms with Crippen LogP contribution in [0.2, 0.25) is 0 Å². The maximum absolute atomic E-state index is 11.6. The molecule has 1 aliphatic carbocycles. The van der Waals surface area contributed by atoms with Crippen molar-refractivity contribution in [3.05, 3.63) is 21.4 Å². The van der Waals surface area contributed by atoms with Crippen molar-refractivity contribution in [2.45, 2.75) is 32.3 Å². The number of aryl methyl sites for hydroxylation is 2. The molecule has 0 aromatic carbocycles. The van der Waals surface area contributed by atoms with Gasteiger partial charge in [0, 0.05) is 11.4 Å². The van der Waals surface area contributed by atoms with Crippen molar-refractivity contribution >= 4 is 17.2 Å². The predicted octanol–water partition coefficient (Wildman–Crippen LogP) is 1.35. The summed E-state index contributed by atoms with van der Waals surface area (Å²) < 4.78 is 0. The summed E-state index contributed by atoms with van der Waals surface area (Å²) in [5.41, 5.74) is 1.34. The molecule has 2 rings (SSSR count). The van der Waals surface area contributed by atoms with Gasteiger partial charge in [-0.3, -0.25) is 4.79 Å². The topological polar surface area (TPSA) is 49.3 Å². The van der Waals surface area contributed by atoms with E-state index in [0.717, 1.165) is 17.7 Å². The van der Waals surface area contributed by atoms with Crippen LogP contribution in [0.1, 0.15) is 33.5 Å². The minimum Gasteiger partial charge on any atom is -0.392 e. The molecule has 4 heteroatoms. The number of aliphatic hydroxyl groups is 1. The van der Waals surface area contributed by atoms with Crippen LogP contribution in [0.5, 0.6) is 0 Å². The van der Waals surface area contributed by atoms with E-state index in [-0.39, 0.29) is 5.91 Å². The Balaban J connectivity index is 2.00. The third kappa shape index (κ3) is 2.38. The summed E-state index contributed by atoms with van der Waals surface area (Å²) in [6, 6.07) is 1.99. The first kappa shape index (κ1) is 10.6. The molecule has 1 aliphatic rings. The van der Waals surface area contributed by atoms with Crippen molar-refractivity contribution < 1.29 is 9.90 Å². The first-order valence-corrected chi connectivity index (χ1v) is 6.06. The van der Waals surface area contributed by atoms with E-state index in [2.05, 4.69) is 5.32 Å². The summed E-state index contributed by atoms with van der Waals surface area (Å²) >= 11 is 1.59. The fourth-order valence-corrected chi connectivity index (χ4v) is 2.94. The van der Waals surface area contributed by atoms with E-state index < -0.39 is 6.10 Å². The third-order valence-corrected chi connectivity index (χ3v) is 3.76. The maximum Gasteiger partial charge on any atom is 0.261 e. The number of nitrogens with one attached hydrogen (secondary N) is 1. The lowest BCUT2D eigenvalue weighted by molar-refractivity contribution is 0.0928. The number of hydrogen-bond acceptors (Lipinski definition) is 3.